The van der Waals surface area contributed by atoms with Crippen LogP contribution in [0.4, 0.5) is 0 Å². The van der Waals surface area contributed by atoms with Crippen molar-refractivity contribution >= 4 is 76.0 Å². The molecule has 0 unspecified atom stereocenters. The summed E-state index contributed by atoms with van der Waals surface area (Å²) in [5.74, 6) is 0. The molecule has 0 saturated heterocycles. The maximum absolute atomic E-state index is 9.61. The molecular formula is CH3CsO3S. The summed E-state index contributed by atoms with van der Waals surface area (Å²) in [7, 11) is -3.56. The van der Waals surface area contributed by atoms with Crippen LogP contribution in [0.3, 0.4) is 0 Å². The molecule has 0 aliphatic rings. The van der Waals surface area contributed by atoms with Crippen LogP contribution in [0.2, 0.25) is 0 Å². The molecule has 0 amide bonds. The Hall–Kier alpha value is 1.96. The average Bonchev–Trinajstić information content (AvgIpc) is 1.35. The fourth-order valence-corrected chi connectivity index (χ4v) is 0. The van der Waals surface area contributed by atoms with Gasteiger partial charge in [-0.2, -0.15) is 0 Å². The summed E-state index contributed by atoms with van der Waals surface area (Å²) in [5.41, 5.74) is 0. The zero-order chi connectivity index (χ0) is 5.21. The topological polar surface area (TPSA) is 54.4 Å². The van der Waals surface area contributed by atoms with E-state index >= 15 is 0 Å². The Labute approximate surface area is 83.6 Å². The predicted octanol–water partition coefficient (Wildman–Crippen LogP) is -1.000. The summed E-state index contributed by atoms with van der Waals surface area (Å²) in [6.07, 6.45) is 0. The summed E-state index contributed by atoms with van der Waals surface area (Å²) in [4.78, 5) is 0. The molecule has 3 nitrogen and oxygen atoms in total. The third-order valence-corrected chi connectivity index (χ3v) is 7.97. The molecule has 1 N–H and O–H groups in total. The second-order valence-corrected chi connectivity index (χ2v) is 8.05. The first kappa shape index (κ1) is 7.96. The van der Waals surface area contributed by atoms with E-state index in [0.29, 0.717) is 0 Å². The standard InChI is InChI=1S/CH3O3S.Cs/c1-5(2,3)4;/h1H2,(H,2,3,4);. The summed E-state index contributed by atoms with van der Waals surface area (Å²) < 4.78 is 27.1. The minimum atomic E-state index is -3.56. The Morgan fingerprint density at radius 1 is 1.67 bits per heavy atom. The van der Waals surface area contributed by atoms with Gasteiger partial charge in [0.1, 0.15) is 0 Å². The third-order valence-electron chi connectivity index (χ3n) is 0.365. The fourth-order valence-electron chi connectivity index (χ4n) is 0. The Morgan fingerprint density at radius 2 is 1.83 bits per heavy atom. The van der Waals surface area contributed by atoms with Crippen molar-refractivity contribution in [3.05, 3.63) is 0 Å². The fraction of sp³-hybridized carbons (Fsp3) is 1.00. The summed E-state index contributed by atoms with van der Waals surface area (Å²) in [6, 6.07) is 0. The van der Waals surface area contributed by atoms with Crippen molar-refractivity contribution < 1.29 is 13.0 Å². The molecule has 0 bridgehead atoms. The Balaban J connectivity index is 3.85. The van der Waals surface area contributed by atoms with E-state index < -0.39 is 10.1 Å². The number of hydrogen-bond donors (Lipinski definition) is 1. The number of rotatable bonds is 1. The Kier molecular flexibility index (Phi) is 4.09. The Bertz CT molecular complexity index is 113. The van der Waals surface area contributed by atoms with E-state index in [1.807, 2.05) is 0 Å². The quantitative estimate of drug-likeness (QED) is 0.585. The average molecular weight is 228 g/mol. The van der Waals surface area contributed by atoms with E-state index in [9.17, 15) is 8.42 Å². The van der Waals surface area contributed by atoms with Crippen molar-refractivity contribution in [2.45, 2.75) is 0 Å². The van der Waals surface area contributed by atoms with E-state index in [4.69, 9.17) is 4.55 Å². The van der Waals surface area contributed by atoms with Gasteiger partial charge in [0.25, 0.3) is 0 Å². The molecule has 0 spiro atoms. The second kappa shape index (κ2) is 3.08. The molecule has 32 valence electrons. The first-order valence-electron chi connectivity index (χ1n) is 1.51. The van der Waals surface area contributed by atoms with E-state index in [2.05, 4.69) is 0 Å². The van der Waals surface area contributed by atoms with Gasteiger partial charge in [-0.05, 0) is 0 Å². The van der Waals surface area contributed by atoms with Crippen LogP contribution in [0, 0.1) is 0 Å². The van der Waals surface area contributed by atoms with Crippen molar-refractivity contribution in [3.63, 3.8) is 0 Å². The molecule has 0 aliphatic heterocycles. The molecule has 0 atom stereocenters. The summed E-state index contributed by atoms with van der Waals surface area (Å²) in [6.45, 7) is 0. The summed E-state index contributed by atoms with van der Waals surface area (Å²) >= 11 is -0.00617. The molecule has 0 heterocycles. The molecule has 0 aromatic carbocycles. The van der Waals surface area contributed by atoms with Gasteiger partial charge in [-0.1, -0.05) is 0 Å². The van der Waals surface area contributed by atoms with E-state index in [0.717, 1.165) is 0 Å². The second-order valence-electron chi connectivity index (χ2n) is 0.871. The van der Waals surface area contributed by atoms with Crippen LogP contribution in [0.5, 0.6) is 0 Å². The van der Waals surface area contributed by atoms with Crippen molar-refractivity contribution in [1.29, 1.82) is 0 Å². The van der Waals surface area contributed by atoms with Crippen LogP contribution in [0.25, 0.3) is 0 Å². The molecule has 0 aromatic heterocycles. The molecule has 0 radical (unpaired) electrons. The van der Waals surface area contributed by atoms with Crippen LogP contribution in [0.1, 0.15) is 0 Å². The summed E-state index contributed by atoms with van der Waals surface area (Å²) in [5, 5.41) is 0. The zero-order valence-corrected chi connectivity index (χ0v) is 10.5. The first-order chi connectivity index (χ1) is 2.56. The molecule has 0 aromatic rings. The maximum atomic E-state index is 9.61. The van der Waals surface area contributed by atoms with Gasteiger partial charge in [0.2, 0.25) is 0 Å². The van der Waals surface area contributed by atoms with E-state index in [1.54, 1.807) is 0 Å². The van der Waals surface area contributed by atoms with Crippen LogP contribution in [-0.4, -0.2) is 76.1 Å². The monoisotopic (exact) mass is 228 g/mol. The molecule has 5 heteroatoms. The van der Waals surface area contributed by atoms with Crippen molar-refractivity contribution in [2.75, 3.05) is -2.82 Å². The van der Waals surface area contributed by atoms with E-state index in [-0.39, 0.29) is 63.1 Å². The van der Waals surface area contributed by atoms with Crippen molar-refractivity contribution in [3.8, 4) is 0 Å². The molecule has 0 rings (SSSR count). The molecule has 0 saturated carbocycles. The van der Waals surface area contributed by atoms with E-state index in [1.165, 1.54) is 0 Å². The zero-order valence-electron chi connectivity index (χ0n) is 3.38. The van der Waals surface area contributed by atoms with Crippen molar-refractivity contribution in [1.82, 2.24) is 0 Å². The van der Waals surface area contributed by atoms with Gasteiger partial charge in [0.15, 0.2) is 0 Å². The van der Waals surface area contributed by atoms with Crippen LogP contribution >= 0.6 is 0 Å². The van der Waals surface area contributed by atoms with Gasteiger partial charge in [0.05, 0.1) is 0 Å². The minimum absolute atomic E-state index is 0.00617. The van der Waals surface area contributed by atoms with Gasteiger partial charge < -0.3 is 0 Å². The van der Waals surface area contributed by atoms with Gasteiger partial charge >= 0.3 is 86.2 Å². The van der Waals surface area contributed by atoms with Crippen LogP contribution in [-0.2, 0) is 10.1 Å². The van der Waals surface area contributed by atoms with Gasteiger partial charge in [0, 0.05) is 0 Å². The van der Waals surface area contributed by atoms with Crippen LogP contribution < -0.4 is 0 Å². The molecule has 0 fully saturated rings. The van der Waals surface area contributed by atoms with Gasteiger partial charge in [-0.3, -0.25) is 0 Å². The molecular weight excluding hydrogens is 225 g/mol. The normalized spacial score (nSPS) is 11.8. The predicted molar refractivity (Wildman–Crippen MR) is 22.2 cm³/mol. The molecule has 0 aliphatic carbocycles. The van der Waals surface area contributed by atoms with Gasteiger partial charge in [-0.15, -0.1) is 0 Å². The van der Waals surface area contributed by atoms with Crippen molar-refractivity contribution in [2.24, 2.45) is 0 Å². The molecule has 6 heavy (non-hydrogen) atoms. The SMILES string of the molecule is O=S(=O)(O)[CH2][Cs]. The first-order valence-corrected chi connectivity index (χ1v) is 7.56. The Morgan fingerprint density at radius 3 is 1.83 bits per heavy atom. The number of hydrogen-bond acceptors (Lipinski definition) is 2. The third kappa shape index (κ3) is 5.96. The van der Waals surface area contributed by atoms with Gasteiger partial charge in [-0.25, -0.2) is 0 Å². The van der Waals surface area contributed by atoms with Crippen LogP contribution in [0.15, 0.2) is 0 Å².